The molecule has 1 aromatic heterocycles. The molecule has 0 N–H and O–H groups in total. The molecule has 198 valence electrons. The number of aromatic nitrogens is 1. The Morgan fingerprint density at radius 3 is 2.39 bits per heavy atom. The van der Waals surface area contributed by atoms with Crippen molar-refractivity contribution in [2.45, 2.75) is 58.0 Å². The van der Waals surface area contributed by atoms with Gasteiger partial charge in [0.2, 0.25) is 0 Å². The second-order valence-electron chi connectivity index (χ2n) is 10.6. The average Bonchev–Trinajstić information content (AvgIpc) is 2.90. The maximum absolute atomic E-state index is 13.3. The lowest BCUT2D eigenvalue weighted by Gasteiger charge is -2.48. The number of nitrogens with zero attached hydrogens (tertiary/aromatic N) is 2. The molecule has 1 amide bonds. The van der Waals surface area contributed by atoms with Gasteiger partial charge in [-0.15, -0.1) is 0 Å². The van der Waals surface area contributed by atoms with Crippen LogP contribution in [0.2, 0.25) is 0 Å². The van der Waals surface area contributed by atoms with Crippen molar-refractivity contribution in [2.75, 3.05) is 47.1 Å². The second kappa shape index (κ2) is 13.3. The van der Waals surface area contributed by atoms with E-state index in [1.54, 1.807) is 7.11 Å². The highest BCUT2D eigenvalue weighted by Gasteiger charge is 2.48. The summed E-state index contributed by atoms with van der Waals surface area (Å²) in [5, 5.41) is 0. The Balaban J connectivity index is 2.12. The molecule has 2 aromatic rings. The summed E-state index contributed by atoms with van der Waals surface area (Å²) in [6.07, 6.45) is 5.49. The predicted molar refractivity (Wildman–Crippen MR) is 143 cm³/mol. The van der Waals surface area contributed by atoms with Gasteiger partial charge in [-0.05, 0) is 47.6 Å². The molecule has 0 saturated carbocycles. The third-order valence-electron chi connectivity index (χ3n) is 7.44. The molecule has 1 saturated heterocycles. The van der Waals surface area contributed by atoms with Crippen LogP contribution in [0.25, 0.3) is 0 Å². The van der Waals surface area contributed by atoms with Gasteiger partial charge in [0, 0.05) is 70.1 Å². The molecule has 1 aliphatic heterocycles. The van der Waals surface area contributed by atoms with Crippen LogP contribution < -0.4 is 0 Å². The summed E-state index contributed by atoms with van der Waals surface area (Å²) in [5.41, 5.74) is 2.48. The van der Waals surface area contributed by atoms with Crippen LogP contribution in [0, 0.1) is 11.8 Å². The fraction of sp³-hybridized carbons (Fsp3) is 0.600. The highest BCUT2D eigenvalue weighted by Crippen LogP contribution is 2.50. The number of hydrogen-bond acceptors (Lipinski definition) is 5. The summed E-state index contributed by atoms with van der Waals surface area (Å²) in [6, 6.07) is 12.3. The van der Waals surface area contributed by atoms with Crippen LogP contribution in [0.5, 0.6) is 0 Å². The van der Waals surface area contributed by atoms with Gasteiger partial charge in [-0.3, -0.25) is 9.78 Å². The molecule has 1 aromatic carbocycles. The number of methoxy groups -OCH3 is 2. The fourth-order valence-electron chi connectivity index (χ4n) is 5.90. The molecule has 2 heterocycles. The van der Waals surface area contributed by atoms with E-state index in [2.05, 4.69) is 50.9 Å². The van der Waals surface area contributed by atoms with Crippen LogP contribution in [0.15, 0.2) is 48.8 Å². The van der Waals surface area contributed by atoms with Crippen LogP contribution in [0.4, 0.5) is 0 Å². The Morgan fingerprint density at radius 2 is 1.81 bits per heavy atom. The van der Waals surface area contributed by atoms with Gasteiger partial charge in [0.1, 0.15) is 0 Å². The third kappa shape index (κ3) is 6.53. The molecule has 36 heavy (non-hydrogen) atoms. The summed E-state index contributed by atoms with van der Waals surface area (Å²) in [6.45, 7) is 12.0. The maximum atomic E-state index is 13.3. The minimum absolute atomic E-state index is 0.0408. The number of pyridine rings is 1. The molecule has 6 heteroatoms. The van der Waals surface area contributed by atoms with Crippen molar-refractivity contribution in [1.29, 1.82) is 0 Å². The van der Waals surface area contributed by atoms with E-state index in [9.17, 15) is 4.79 Å². The van der Waals surface area contributed by atoms with Gasteiger partial charge in [-0.25, -0.2) is 0 Å². The minimum atomic E-state index is -0.544. The first-order valence-electron chi connectivity index (χ1n) is 13.2. The number of rotatable bonds is 12. The van der Waals surface area contributed by atoms with Crippen LogP contribution in [0.3, 0.4) is 0 Å². The molecule has 0 radical (unpaired) electrons. The monoisotopic (exact) mass is 496 g/mol. The van der Waals surface area contributed by atoms with E-state index in [1.807, 2.05) is 42.6 Å². The van der Waals surface area contributed by atoms with Crippen molar-refractivity contribution in [1.82, 2.24) is 9.88 Å². The smallest absolute Gasteiger partial charge is 0.254 e. The van der Waals surface area contributed by atoms with Crippen molar-refractivity contribution >= 4 is 5.91 Å². The molecule has 1 fully saturated rings. The minimum Gasteiger partial charge on any atom is -0.385 e. The number of amides is 1. The fourth-order valence-corrected chi connectivity index (χ4v) is 5.90. The molecule has 3 rings (SSSR count). The standard InChI is InChI=1S/C30H44N2O4/c1-22(2)19-27(26-11-8-13-31-21-26)30(35-6,12-16-34-5)28(23(3)4)24-9-7-10-25(20-24)29(33)32-14-17-36-18-15-32/h7-11,13,20-23,27-28H,12,14-19H2,1-6H3. The van der Waals surface area contributed by atoms with Crippen molar-refractivity contribution in [3.05, 3.63) is 65.5 Å². The summed E-state index contributed by atoms with van der Waals surface area (Å²) in [5.74, 6) is 0.946. The topological polar surface area (TPSA) is 60.9 Å². The van der Waals surface area contributed by atoms with Crippen molar-refractivity contribution in [3.8, 4) is 0 Å². The largest absolute Gasteiger partial charge is 0.385 e. The van der Waals surface area contributed by atoms with E-state index >= 15 is 0 Å². The number of hydrogen-bond donors (Lipinski definition) is 0. The molecular formula is C30H44N2O4. The summed E-state index contributed by atoms with van der Waals surface area (Å²) in [4.78, 5) is 19.7. The Hall–Kier alpha value is -2.28. The number of ether oxygens (including phenoxy) is 3. The Morgan fingerprint density at radius 1 is 1.08 bits per heavy atom. The van der Waals surface area contributed by atoms with Crippen LogP contribution in [0.1, 0.15) is 73.9 Å². The lowest BCUT2D eigenvalue weighted by atomic mass is 9.63. The zero-order valence-corrected chi connectivity index (χ0v) is 22.9. The maximum Gasteiger partial charge on any atom is 0.254 e. The Bertz CT molecular complexity index is 943. The van der Waals surface area contributed by atoms with Gasteiger partial charge in [-0.2, -0.15) is 0 Å². The zero-order chi connectivity index (χ0) is 26.1. The van der Waals surface area contributed by atoms with Crippen molar-refractivity contribution in [2.24, 2.45) is 11.8 Å². The van der Waals surface area contributed by atoms with Gasteiger partial charge in [0.25, 0.3) is 5.91 Å². The van der Waals surface area contributed by atoms with E-state index in [4.69, 9.17) is 14.2 Å². The van der Waals surface area contributed by atoms with Gasteiger partial charge in [0.05, 0.1) is 18.8 Å². The number of carbonyl (C=O) groups is 1. The summed E-state index contributed by atoms with van der Waals surface area (Å²) in [7, 11) is 3.57. The lowest BCUT2D eigenvalue weighted by Crippen LogP contribution is -2.48. The SMILES string of the molecule is COCCC(OC)(C(CC(C)C)c1cccnc1)C(c1cccc(C(=O)N2CCOCC2)c1)C(C)C. The van der Waals surface area contributed by atoms with Crippen LogP contribution >= 0.6 is 0 Å². The molecule has 6 nitrogen and oxygen atoms in total. The third-order valence-corrected chi connectivity index (χ3v) is 7.44. The van der Waals surface area contributed by atoms with Crippen molar-refractivity contribution in [3.63, 3.8) is 0 Å². The molecule has 0 aliphatic carbocycles. The van der Waals surface area contributed by atoms with E-state index in [0.29, 0.717) is 38.8 Å². The molecule has 0 bridgehead atoms. The molecular weight excluding hydrogens is 452 g/mol. The van der Waals surface area contributed by atoms with Gasteiger partial charge in [0.15, 0.2) is 0 Å². The van der Waals surface area contributed by atoms with E-state index in [1.165, 1.54) is 5.56 Å². The zero-order valence-electron chi connectivity index (χ0n) is 22.9. The first-order chi connectivity index (χ1) is 17.3. The number of morpholine rings is 1. The highest BCUT2D eigenvalue weighted by molar-refractivity contribution is 5.94. The first kappa shape index (κ1) is 28.3. The molecule has 3 unspecified atom stereocenters. The van der Waals surface area contributed by atoms with E-state index in [0.717, 1.165) is 24.0 Å². The quantitative estimate of drug-likeness (QED) is 0.386. The first-order valence-corrected chi connectivity index (χ1v) is 13.2. The molecule has 0 spiro atoms. The number of carbonyl (C=O) groups excluding carboxylic acids is 1. The van der Waals surface area contributed by atoms with Gasteiger partial charge < -0.3 is 19.1 Å². The van der Waals surface area contributed by atoms with Crippen LogP contribution in [-0.4, -0.2) is 68.5 Å². The van der Waals surface area contributed by atoms with E-state index < -0.39 is 5.60 Å². The van der Waals surface area contributed by atoms with Crippen LogP contribution in [-0.2, 0) is 14.2 Å². The Labute approximate surface area is 217 Å². The lowest BCUT2D eigenvalue weighted by molar-refractivity contribution is -0.0876. The molecule has 3 atom stereocenters. The normalized spacial score (nSPS) is 17.7. The summed E-state index contributed by atoms with van der Waals surface area (Å²) >= 11 is 0. The van der Waals surface area contributed by atoms with Gasteiger partial charge >= 0.3 is 0 Å². The van der Waals surface area contributed by atoms with Crippen molar-refractivity contribution < 1.29 is 19.0 Å². The Kier molecular flexibility index (Phi) is 10.5. The summed E-state index contributed by atoms with van der Waals surface area (Å²) < 4.78 is 17.7. The second-order valence-corrected chi connectivity index (χ2v) is 10.6. The van der Waals surface area contributed by atoms with Gasteiger partial charge in [-0.1, -0.05) is 45.9 Å². The highest BCUT2D eigenvalue weighted by atomic mass is 16.5. The predicted octanol–water partition coefficient (Wildman–Crippen LogP) is 5.55. The average molecular weight is 497 g/mol. The number of benzene rings is 1. The van der Waals surface area contributed by atoms with E-state index in [-0.39, 0.29) is 23.7 Å². The molecule has 1 aliphatic rings.